The maximum absolute atomic E-state index is 13.1. The molecule has 2 aromatic heterocycles. The zero-order valence-electron chi connectivity index (χ0n) is 23.0. The third-order valence-corrected chi connectivity index (χ3v) is 6.37. The lowest BCUT2D eigenvalue weighted by Crippen LogP contribution is -2.39. The number of aromatic nitrogens is 4. The van der Waals surface area contributed by atoms with Gasteiger partial charge in [-0.3, -0.25) is 9.48 Å². The van der Waals surface area contributed by atoms with Crippen LogP contribution in [-0.2, 0) is 16.5 Å². The summed E-state index contributed by atoms with van der Waals surface area (Å²) in [7, 11) is 3.42. The molecule has 0 radical (unpaired) electrons. The summed E-state index contributed by atoms with van der Waals surface area (Å²) in [4.78, 5) is 34.3. The molecule has 204 valence electrons. The highest BCUT2D eigenvalue weighted by Crippen LogP contribution is 2.36. The van der Waals surface area contributed by atoms with E-state index in [2.05, 4.69) is 25.7 Å². The first-order chi connectivity index (χ1) is 17.9. The first kappa shape index (κ1) is 27.3. The molecule has 3 aromatic rings. The number of nitrogens with one attached hydrogen (secondary N) is 2. The molecular formula is C27H36N6O5. The smallest absolute Gasteiger partial charge is 0.407 e. The van der Waals surface area contributed by atoms with Gasteiger partial charge in [-0.15, -0.1) is 0 Å². The number of fused-ring (bicyclic) bond motifs is 1. The van der Waals surface area contributed by atoms with Gasteiger partial charge in [-0.25, -0.2) is 14.8 Å². The molecule has 11 heteroatoms. The van der Waals surface area contributed by atoms with Crippen LogP contribution < -0.4 is 15.4 Å². The highest BCUT2D eigenvalue weighted by Gasteiger charge is 2.29. The van der Waals surface area contributed by atoms with Gasteiger partial charge in [-0.1, -0.05) is 0 Å². The molecular weight excluding hydrogens is 488 g/mol. The van der Waals surface area contributed by atoms with Crippen molar-refractivity contribution in [2.75, 3.05) is 13.9 Å². The number of hydrogen-bond acceptors (Lipinski definition) is 8. The fourth-order valence-corrected chi connectivity index (χ4v) is 4.71. The van der Waals surface area contributed by atoms with Crippen molar-refractivity contribution < 1.29 is 23.8 Å². The number of carbonyl (C=O) groups is 2. The lowest BCUT2D eigenvalue weighted by Gasteiger charge is -2.22. The van der Waals surface area contributed by atoms with Gasteiger partial charge in [0.15, 0.2) is 12.6 Å². The van der Waals surface area contributed by atoms with E-state index >= 15 is 0 Å². The van der Waals surface area contributed by atoms with Crippen LogP contribution in [0.5, 0.6) is 5.75 Å². The monoisotopic (exact) mass is 524 g/mol. The first-order valence-corrected chi connectivity index (χ1v) is 12.7. The largest absolute Gasteiger partial charge is 0.466 e. The van der Waals surface area contributed by atoms with E-state index in [-0.39, 0.29) is 24.8 Å². The zero-order valence-corrected chi connectivity index (χ0v) is 23.0. The molecule has 1 saturated carbocycles. The van der Waals surface area contributed by atoms with Gasteiger partial charge in [0, 0.05) is 49.6 Å². The van der Waals surface area contributed by atoms with Crippen LogP contribution in [0.4, 0.5) is 4.79 Å². The van der Waals surface area contributed by atoms with Crippen molar-refractivity contribution in [3.8, 4) is 17.1 Å². The van der Waals surface area contributed by atoms with Gasteiger partial charge in [-0.2, -0.15) is 5.10 Å². The van der Waals surface area contributed by atoms with Crippen LogP contribution in [0.25, 0.3) is 22.3 Å². The fraction of sp³-hybridized carbons (Fsp3) is 0.519. The molecule has 11 nitrogen and oxygen atoms in total. The number of amides is 2. The molecule has 1 aliphatic carbocycles. The normalized spacial score (nSPS) is 17.4. The molecule has 0 spiro atoms. The summed E-state index contributed by atoms with van der Waals surface area (Å²) in [6.07, 6.45) is 5.18. The Labute approximate surface area is 222 Å². The highest BCUT2D eigenvalue weighted by molar-refractivity contribution is 5.95. The Bertz CT molecular complexity index is 1350. The molecule has 38 heavy (non-hydrogen) atoms. The second-order valence-electron chi connectivity index (χ2n) is 10.7. The van der Waals surface area contributed by atoms with Gasteiger partial charge in [0.05, 0.1) is 22.3 Å². The van der Waals surface area contributed by atoms with Crippen LogP contribution >= 0.6 is 0 Å². The van der Waals surface area contributed by atoms with Crippen molar-refractivity contribution >= 4 is 22.9 Å². The van der Waals surface area contributed by atoms with Crippen LogP contribution in [0.3, 0.4) is 0 Å². The van der Waals surface area contributed by atoms with Crippen LogP contribution in [0.15, 0.2) is 18.5 Å². The van der Waals surface area contributed by atoms with Gasteiger partial charge in [0.25, 0.3) is 5.91 Å². The molecule has 1 aliphatic rings. The van der Waals surface area contributed by atoms with Crippen LogP contribution in [0.2, 0.25) is 0 Å². The van der Waals surface area contributed by atoms with E-state index in [1.54, 1.807) is 24.9 Å². The molecule has 2 atom stereocenters. The van der Waals surface area contributed by atoms with Gasteiger partial charge >= 0.3 is 6.09 Å². The van der Waals surface area contributed by atoms with Crippen molar-refractivity contribution in [3.63, 3.8) is 0 Å². The lowest BCUT2D eigenvalue weighted by atomic mass is 10.0. The summed E-state index contributed by atoms with van der Waals surface area (Å²) >= 11 is 0. The number of aryl methyl sites for hydroxylation is 3. The molecule has 0 aliphatic heterocycles. The maximum Gasteiger partial charge on any atom is 0.407 e. The summed E-state index contributed by atoms with van der Waals surface area (Å²) in [5, 5.41) is 11.4. The Morgan fingerprint density at radius 3 is 2.53 bits per heavy atom. The van der Waals surface area contributed by atoms with Crippen molar-refractivity contribution in [2.24, 2.45) is 7.05 Å². The minimum atomic E-state index is -0.556. The van der Waals surface area contributed by atoms with E-state index in [0.717, 1.165) is 29.3 Å². The Morgan fingerprint density at radius 1 is 1.16 bits per heavy atom. The summed E-state index contributed by atoms with van der Waals surface area (Å²) in [5.41, 5.74) is 2.77. The van der Waals surface area contributed by atoms with Gasteiger partial charge in [-0.05, 0) is 59.9 Å². The van der Waals surface area contributed by atoms with Crippen molar-refractivity contribution in [1.29, 1.82) is 0 Å². The molecule has 2 amide bonds. The predicted octanol–water partition coefficient (Wildman–Crippen LogP) is 3.81. The average Bonchev–Trinajstić information content (AvgIpc) is 3.42. The highest BCUT2D eigenvalue weighted by atomic mass is 16.7. The fourth-order valence-electron chi connectivity index (χ4n) is 4.71. The van der Waals surface area contributed by atoms with Gasteiger partial charge < -0.3 is 24.8 Å². The zero-order chi connectivity index (χ0) is 27.6. The van der Waals surface area contributed by atoms with Gasteiger partial charge in [0.2, 0.25) is 0 Å². The second kappa shape index (κ2) is 10.9. The topological polar surface area (TPSA) is 129 Å². The SMILES string of the molecule is COCOc1c(-c2ncc(C(=O)N[C@H]3CC[C@@H](NC(=O)OC(C)(C)C)C3)c(C)n2)cc2cn(C)nc2c1C. The summed E-state index contributed by atoms with van der Waals surface area (Å²) in [5.74, 6) is 0.789. The molecule has 2 N–H and O–H groups in total. The van der Waals surface area contributed by atoms with E-state index in [0.29, 0.717) is 34.8 Å². The Kier molecular flexibility index (Phi) is 7.86. The molecule has 0 unspecified atom stereocenters. The van der Waals surface area contributed by atoms with Crippen LogP contribution in [0, 0.1) is 13.8 Å². The van der Waals surface area contributed by atoms with E-state index < -0.39 is 11.7 Å². The quantitative estimate of drug-likeness (QED) is 0.447. The van der Waals surface area contributed by atoms with Gasteiger partial charge in [0.1, 0.15) is 11.4 Å². The molecule has 1 fully saturated rings. The lowest BCUT2D eigenvalue weighted by molar-refractivity contribution is 0.0503. The number of rotatable bonds is 7. The number of carbonyl (C=O) groups excluding carboxylic acids is 2. The van der Waals surface area contributed by atoms with E-state index in [1.807, 2.05) is 47.0 Å². The average molecular weight is 525 g/mol. The number of ether oxygens (including phenoxy) is 3. The predicted molar refractivity (Wildman–Crippen MR) is 142 cm³/mol. The van der Waals surface area contributed by atoms with E-state index in [9.17, 15) is 9.59 Å². The van der Waals surface area contributed by atoms with Crippen molar-refractivity contribution in [3.05, 3.63) is 35.3 Å². The number of hydrogen-bond donors (Lipinski definition) is 2. The Hall–Kier alpha value is -3.73. The summed E-state index contributed by atoms with van der Waals surface area (Å²) < 4.78 is 18.1. The summed E-state index contributed by atoms with van der Waals surface area (Å²) in [6, 6.07) is 1.82. The van der Waals surface area contributed by atoms with Crippen LogP contribution in [0.1, 0.15) is 61.6 Å². The number of benzene rings is 1. The third kappa shape index (κ3) is 6.21. The van der Waals surface area contributed by atoms with E-state index in [1.165, 1.54) is 0 Å². The maximum atomic E-state index is 13.1. The molecule has 4 rings (SSSR count). The minimum absolute atomic E-state index is 0.0500. The number of methoxy groups -OCH3 is 1. The second-order valence-corrected chi connectivity index (χ2v) is 10.7. The van der Waals surface area contributed by atoms with Crippen LogP contribution in [-0.4, -0.2) is 63.3 Å². The Balaban J connectivity index is 1.49. The van der Waals surface area contributed by atoms with E-state index in [4.69, 9.17) is 14.2 Å². The van der Waals surface area contributed by atoms with Crippen molar-refractivity contribution in [1.82, 2.24) is 30.4 Å². The number of alkyl carbamates (subject to hydrolysis) is 1. The number of nitrogens with zero attached hydrogens (tertiary/aromatic N) is 4. The molecule has 2 heterocycles. The molecule has 1 aromatic carbocycles. The Morgan fingerprint density at radius 2 is 1.87 bits per heavy atom. The molecule has 0 saturated heterocycles. The summed E-state index contributed by atoms with van der Waals surface area (Å²) in [6.45, 7) is 9.26. The first-order valence-electron chi connectivity index (χ1n) is 12.7. The third-order valence-electron chi connectivity index (χ3n) is 6.37. The standard InChI is InChI=1S/C27H36N6O5/c1-15-22-17(13-33(6)32-22)10-20(23(15)37-14-36-7)24-28-12-21(16(2)29-24)25(34)30-18-8-9-19(11-18)31-26(35)38-27(3,4)5/h10,12-13,18-19H,8-9,11,14H2,1-7H3,(H,30,34)(H,31,35)/t18-,19+/m0/s1. The minimum Gasteiger partial charge on any atom is -0.466 e. The van der Waals surface area contributed by atoms with Crippen molar-refractivity contribution in [2.45, 2.75) is 71.6 Å². The molecule has 0 bridgehead atoms.